The van der Waals surface area contributed by atoms with Gasteiger partial charge in [0.2, 0.25) is 0 Å². The van der Waals surface area contributed by atoms with Crippen molar-refractivity contribution < 1.29 is 8.42 Å². The zero-order valence-corrected chi connectivity index (χ0v) is 19.4. The molecule has 1 aliphatic carbocycles. The molecule has 0 radical (unpaired) electrons. The Morgan fingerprint density at radius 3 is 2.27 bits per heavy atom. The van der Waals surface area contributed by atoms with Crippen LogP contribution in [0.5, 0.6) is 0 Å². The number of hydrogen-bond donors (Lipinski definition) is 2. The molecule has 0 aliphatic heterocycles. The molecular formula is C19H32IN3O2S. The van der Waals surface area contributed by atoms with E-state index < -0.39 is 14.6 Å². The maximum absolute atomic E-state index is 12.2. The highest BCUT2D eigenvalue weighted by Gasteiger charge is 2.44. The van der Waals surface area contributed by atoms with Crippen LogP contribution in [0.25, 0.3) is 0 Å². The van der Waals surface area contributed by atoms with Gasteiger partial charge in [0, 0.05) is 18.5 Å². The first kappa shape index (κ1) is 23.2. The second kappa shape index (κ2) is 9.39. The van der Waals surface area contributed by atoms with E-state index in [2.05, 4.69) is 34.9 Å². The third-order valence-electron chi connectivity index (χ3n) is 4.72. The van der Waals surface area contributed by atoms with Gasteiger partial charge >= 0.3 is 0 Å². The number of nitrogens with one attached hydrogen (secondary N) is 2. The lowest BCUT2D eigenvalue weighted by Crippen LogP contribution is -2.42. The van der Waals surface area contributed by atoms with Gasteiger partial charge in [0.05, 0.1) is 17.0 Å². The van der Waals surface area contributed by atoms with E-state index >= 15 is 0 Å². The Morgan fingerprint density at radius 1 is 1.15 bits per heavy atom. The quantitative estimate of drug-likeness (QED) is 0.348. The number of guanidine groups is 1. The summed E-state index contributed by atoms with van der Waals surface area (Å²) in [7, 11) is -3.13. The van der Waals surface area contributed by atoms with Gasteiger partial charge in [-0.2, -0.15) is 0 Å². The molecule has 0 atom stereocenters. The Balaban J connectivity index is 0.00000338. The highest BCUT2D eigenvalue weighted by Crippen LogP contribution is 2.48. The van der Waals surface area contributed by atoms with Crippen LogP contribution < -0.4 is 10.6 Å². The number of hydrogen-bond acceptors (Lipinski definition) is 3. The lowest BCUT2D eigenvalue weighted by Gasteiger charge is -2.20. The molecule has 1 saturated carbocycles. The van der Waals surface area contributed by atoms with Gasteiger partial charge in [-0.3, -0.25) is 4.99 Å². The molecule has 0 saturated heterocycles. The first-order valence-corrected chi connectivity index (χ1v) is 10.7. The van der Waals surface area contributed by atoms with Crippen molar-refractivity contribution >= 4 is 39.8 Å². The molecule has 5 nitrogen and oxygen atoms in total. The maximum Gasteiger partial charge on any atom is 0.191 e. The largest absolute Gasteiger partial charge is 0.357 e. The minimum Gasteiger partial charge on any atom is -0.357 e. The minimum atomic E-state index is -3.13. The average Bonchev–Trinajstić information content (AvgIpc) is 3.33. The van der Waals surface area contributed by atoms with Crippen molar-refractivity contribution in [2.75, 3.05) is 25.4 Å². The summed E-state index contributed by atoms with van der Waals surface area (Å²) in [5.41, 5.74) is 1.49. The lowest BCUT2D eigenvalue weighted by molar-refractivity contribution is 0.559. The Bertz CT molecular complexity index is 693. The predicted molar refractivity (Wildman–Crippen MR) is 120 cm³/mol. The number of sulfone groups is 1. The van der Waals surface area contributed by atoms with Crippen LogP contribution in [0.15, 0.2) is 35.3 Å². The van der Waals surface area contributed by atoms with Gasteiger partial charge < -0.3 is 10.6 Å². The van der Waals surface area contributed by atoms with Crippen LogP contribution in [0.2, 0.25) is 0 Å². The van der Waals surface area contributed by atoms with Crippen LogP contribution in [0, 0.1) is 0 Å². The molecule has 148 valence electrons. The summed E-state index contributed by atoms with van der Waals surface area (Å²) >= 11 is 0. The molecule has 0 aromatic heterocycles. The molecule has 1 aromatic carbocycles. The molecule has 0 unspecified atom stereocenters. The van der Waals surface area contributed by atoms with Crippen LogP contribution in [-0.2, 0) is 15.3 Å². The third kappa shape index (κ3) is 6.11. The summed E-state index contributed by atoms with van der Waals surface area (Å²) in [6.45, 7) is 9.04. The van der Waals surface area contributed by atoms with Crippen LogP contribution in [-0.4, -0.2) is 44.5 Å². The van der Waals surface area contributed by atoms with Crippen LogP contribution >= 0.6 is 24.0 Å². The second-order valence-corrected chi connectivity index (χ2v) is 10.6. The Morgan fingerprint density at radius 2 is 1.77 bits per heavy atom. The van der Waals surface area contributed by atoms with Gasteiger partial charge in [0.25, 0.3) is 0 Å². The van der Waals surface area contributed by atoms with Crippen LogP contribution in [0.4, 0.5) is 0 Å². The summed E-state index contributed by atoms with van der Waals surface area (Å²) < 4.78 is 23.7. The molecule has 2 rings (SSSR count). The zero-order valence-electron chi connectivity index (χ0n) is 16.2. The van der Waals surface area contributed by atoms with Crippen molar-refractivity contribution in [3.63, 3.8) is 0 Å². The molecular weight excluding hydrogens is 461 g/mol. The highest BCUT2D eigenvalue weighted by molar-refractivity contribution is 14.0. The van der Waals surface area contributed by atoms with Crippen molar-refractivity contribution in [2.45, 2.75) is 50.7 Å². The van der Waals surface area contributed by atoms with E-state index in [-0.39, 0.29) is 35.1 Å². The van der Waals surface area contributed by atoms with E-state index in [0.29, 0.717) is 12.5 Å². The Kier molecular flexibility index (Phi) is 8.38. The smallest absolute Gasteiger partial charge is 0.191 e. The fourth-order valence-corrected chi connectivity index (χ4v) is 3.65. The van der Waals surface area contributed by atoms with E-state index in [9.17, 15) is 8.42 Å². The monoisotopic (exact) mass is 493 g/mol. The average molecular weight is 493 g/mol. The van der Waals surface area contributed by atoms with Crippen LogP contribution in [0.3, 0.4) is 0 Å². The predicted octanol–water partition coefficient (Wildman–Crippen LogP) is 3.10. The standard InChI is InChI=1S/C19H31N3O2S.HI/c1-5-20-17(21-13-14-25(23,24)18(2,3)4)22-15-19(11-12-19)16-9-7-6-8-10-16;/h6-10H,5,11-15H2,1-4H3,(H2,20,21,22);1H. The summed E-state index contributed by atoms with van der Waals surface area (Å²) in [5, 5.41) is 6.36. The van der Waals surface area contributed by atoms with Gasteiger partial charge in [-0.15, -0.1) is 24.0 Å². The number of rotatable bonds is 7. The topological polar surface area (TPSA) is 70.6 Å². The van der Waals surface area contributed by atoms with Crippen molar-refractivity contribution in [2.24, 2.45) is 4.99 Å². The van der Waals surface area contributed by atoms with Gasteiger partial charge in [-0.25, -0.2) is 8.42 Å². The summed E-state index contributed by atoms with van der Waals surface area (Å²) in [6, 6.07) is 10.5. The van der Waals surface area contributed by atoms with Crippen molar-refractivity contribution in [3.8, 4) is 0 Å². The molecule has 1 aromatic rings. The number of benzene rings is 1. The highest BCUT2D eigenvalue weighted by atomic mass is 127. The molecule has 0 bridgehead atoms. The normalized spacial score (nSPS) is 16.5. The fraction of sp³-hybridized carbons (Fsp3) is 0.632. The van der Waals surface area contributed by atoms with Crippen LogP contribution in [0.1, 0.15) is 46.1 Å². The van der Waals surface area contributed by atoms with Crippen molar-refractivity contribution in [1.82, 2.24) is 10.6 Å². The summed E-state index contributed by atoms with van der Waals surface area (Å²) in [5.74, 6) is 0.791. The number of aliphatic imine (C=N–C) groups is 1. The van der Waals surface area contributed by atoms with Gasteiger partial charge in [0.1, 0.15) is 0 Å². The minimum absolute atomic E-state index is 0. The maximum atomic E-state index is 12.2. The first-order valence-electron chi connectivity index (χ1n) is 9.00. The van der Waals surface area contributed by atoms with E-state index in [1.54, 1.807) is 20.8 Å². The first-order chi connectivity index (χ1) is 11.7. The Hall–Kier alpha value is -0.830. The van der Waals surface area contributed by atoms with E-state index in [0.717, 1.165) is 25.9 Å². The van der Waals surface area contributed by atoms with Gasteiger partial charge in [-0.1, -0.05) is 30.3 Å². The van der Waals surface area contributed by atoms with Crippen molar-refractivity contribution in [1.29, 1.82) is 0 Å². The molecule has 1 fully saturated rings. The molecule has 0 spiro atoms. The third-order valence-corrected chi connectivity index (χ3v) is 7.33. The molecule has 0 amide bonds. The molecule has 26 heavy (non-hydrogen) atoms. The zero-order chi connectivity index (χ0) is 18.6. The fourth-order valence-electron chi connectivity index (χ4n) is 2.66. The summed E-state index contributed by atoms with van der Waals surface area (Å²) in [4.78, 5) is 4.71. The number of halogens is 1. The SMILES string of the molecule is CCNC(=NCC1(c2ccccc2)CC1)NCCS(=O)(=O)C(C)(C)C.I. The van der Waals surface area contributed by atoms with E-state index in [1.165, 1.54) is 5.56 Å². The van der Waals surface area contributed by atoms with Gasteiger partial charge in [0.15, 0.2) is 15.8 Å². The molecule has 0 heterocycles. The van der Waals surface area contributed by atoms with E-state index in [4.69, 9.17) is 4.99 Å². The lowest BCUT2D eigenvalue weighted by atomic mass is 9.96. The summed E-state index contributed by atoms with van der Waals surface area (Å²) in [6.07, 6.45) is 2.30. The van der Waals surface area contributed by atoms with Gasteiger partial charge in [-0.05, 0) is 46.1 Å². The second-order valence-electron chi connectivity index (χ2n) is 7.70. The Labute approximate surface area is 175 Å². The number of nitrogens with zero attached hydrogens (tertiary/aromatic N) is 1. The molecule has 1 aliphatic rings. The molecule has 2 N–H and O–H groups in total. The van der Waals surface area contributed by atoms with Crippen molar-refractivity contribution in [3.05, 3.63) is 35.9 Å². The van der Waals surface area contributed by atoms with E-state index in [1.807, 2.05) is 13.0 Å². The molecule has 7 heteroatoms.